The normalized spacial score (nSPS) is 20.7. The van der Waals surface area contributed by atoms with Gasteiger partial charge in [-0.05, 0) is 37.4 Å². The molecule has 1 unspecified atom stereocenters. The van der Waals surface area contributed by atoms with E-state index < -0.39 is 0 Å². The van der Waals surface area contributed by atoms with Crippen LogP contribution in [0.1, 0.15) is 22.5 Å². The molecule has 1 saturated heterocycles. The topological polar surface area (TPSA) is 3.24 Å². The van der Waals surface area contributed by atoms with Crippen LogP contribution in [-0.2, 0) is 0 Å². The van der Waals surface area contributed by atoms with Crippen LogP contribution in [0.3, 0.4) is 0 Å². The molecule has 0 bridgehead atoms. The number of rotatable bonds is 3. The summed E-state index contributed by atoms with van der Waals surface area (Å²) in [5, 5.41) is 2.15. The Labute approximate surface area is 91.9 Å². The van der Waals surface area contributed by atoms with Crippen LogP contribution in [0.4, 0.5) is 0 Å². The van der Waals surface area contributed by atoms with Gasteiger partial charge in [0, 0.05) is 11.4 Å². The van der Waals surface area contributed by atoms with Crippen molar-refractivity contribution in [1.29, 1.82) is 0 Å². The Morgan fingerprint density at radius 2 is 2.23 bits per heavy atom. The Kier molecular flexibility index (Phi) is 3.41. The Bertz CT molecular complexity index is 241. The summed E-state index contributed by atoms with van der Waals surface area (Å²) in [5.74, 6) is 0. The molecule has 1 aliphatic heterocycles. The number of nitrogens with zero attached hydrogens (tertiary/aromatic N) is 1. The Morgan fingerprint density at radius 1 is 1.46 bits per heavy atom. The average Bonchev–Trinajstić information content (AvgIpc) is 2.74. The van der Waals surface area contributed by atoms with Crippen LogP contribution in [0.25, 0.3) is 0 Å². The predicted molar refractivity (Wildman–Crippen MR) is 61.7 cm³/mol. The van der Waals surface area contributed by atoms with Gasteiger partial charge >= 0.3 is 0 Å². The van der Waals surface area contributed by atoms with E-state index in [0.717, 1.165) is 0 Å². The van der Waals surface area contributed by atoms with Gasteiger partial charge in [-0.1, -0.05) is 22.0 Å². The Morgan fingerprint density at radius 3 is 2.85 bits per heavy atom. The number of hydrogen-bond acceptors (Lipinski definition) is 2. The van der Waals surface area contributed by atoms with Crippen molar-refractivity contribution in [3.63, 3.8) is 0 Å². The van der Waals surface area contributed by atoms with Crippen LogP contribution in [0.2, 0.25) is 0 Å². The maximum absolute atomic E-state index is 3.74. The molecular weight excluding hydrogens is 246 g/mol. The molecule has 1 fully saturated rings. The summed E-state index contributed by atoms with van der Waals surface area (Å²) >= 11 is 5.58. The van der Waals surface area contributed by atoms with Crippen molar-refractivity contribution >= 4 is 27.3 Å². The molecule has 1 atom stereocenters. The molecule has 2 rings (SSSR count). The molecule has 1 aromatic heterocycles. The van der Waals surface area contributed by atoms with Gasteiger partial charge in [0.05, 0.1) is 4.83 Å². The van der Waals surface area contributed by atoms with Crippen LogP contribution in [0.15, 0.2) is 17.5 Å². The second-order valence-corrected chi connectivity index (χ2v) is 5.58. The zero-order valence-electron chi connectivity index (χ0n) is 7.58. The molecule has 0 spiro atoms. The van der Waals surface area contributed by atoms with E-state index in [-0.39, 0.29) is 0 Å². The molecule has 1 aliphatic rings. The zero-order valence-corrected chi connectivity index (χ0v) is 9.98. The highest BCUT2D eigenvalue weighted by atomic mass is 79.9. The molecule has 1 aromatic rings. The van der Waals surface area contributed by atoms with E-state index in [9.17, 15) is 0 Å². The highest BCUT2D eigenvalue weighted by Gasteiger charge is 2.16. The van der Waals surface area contributed by atoms with Crippen molar-refractivity contribution in [2.24, 2.45) is 0 Å². The second-order valence-electron chi connectivity index (χ2n) is 3.49. The standard InChI is InChI=1S/C10H14BrNS/c11-9(10-4-3-7-13-10)8-12-5-1-2-6-12/h3-4,7,9H,1-2,5-6,8H2. The third-order valence-corrected chi connectivity index (χ3v) is 4.54. The summed E-state index contributed by atoms with van der Waals surface area (Å²) in [6.07, 6.45) is 2.76. The zero-order chi connectivity index (χ0) is 9.10. The average molecular weight is 260 g/mol. The summed E-state index contributed by atoms with van der Waals surface area (Å²) in [4.78, 5) is 4.52. The van der Waals surface area contributed by atoms with Gasteiger partial charge < -0.3 is 4.90 Å². The van der Waals surface area contributed by atoms with Crippen molar-refractivity contribution in [2.75, 3.05) is 19.6 Å². The summed E-state index contributed by atoms with van der Waals surface area (Å²) in [7, 11) is 0. The van der Waals surface area contributed by atoms with Crippen LogP contribution >= 0.6 is 27.3 Å². The number of halogens is 1. The summed E-state index contributed by atoms with van der Waals surface area (Å²) in [6.45, 7) is 3.74. The first-order valence-electron chi connectivity index (χ1n) is 4.76. The van der Waals surface area contributed by atoms with Crippen molar-refractivity contribution in [2.45, 2.75) is 17.7 Å². The Balaban J connectivity index is 1.87. The fraction of sp³-hybridized carbons (Fsp3) is 0.600. The number of hydrogen-bond donors (Lipinski definition) is 0. The van der Waals surface area contributed by atoms with Gasteiger partial charge in [0.15, 0.2) is 0 Å². The van der Waals surface area contributed by atoms with Gasteiger partial charge in [-0.2, -0.15) is 0 Å². The molecule has 72 valence electrons. The minimum absolute atomic E-state index is 0.533. The third kappa shape index (κ3) is 2.55. The highest BCUT2D eigenvalue weighted by Crippen LogP contribution is 2.28. The minimum Gasteiger partial charge on any atom is -0.302 e. The first-order chi connectivity index (χ1) is 6.36. The predicted octanol–water partition coefficient (Wildman–Crippen LogP) is 3.28. The van der Waals surface area contributed by atoms with E-state index in [1.807, 2.05) is 11.3 Å². The molecule has 1 nitrogen and oxygen atoms in total. The summed E-state index contributed by atoms with van der Waals surface area (Å²) < 4.78 is 0. The van der Waals surface area contributed by atoms with E-state index in [4.69, 9.17) is 0 Å². The van der Waals surface area contributed by atoms with Gasteiger partial charge in [-0.15, -0.1) is 11.3 Å². The first-order valence-corrected chi connectivity index (χ1v) is 6.55. The molecule has 0 N–H and O–H groups in total. The molecular formula is C10H14BrNS. The van der Waals surface area contributed by atoms with Crippen molar-refractivity contribution in [1.82, 2.24) is 4.90 Å². The molecule has 2 heterocycles. The van der Waals surface area contributed by atoms with Crippen LogP contribution in [0, 0.1) is 0 Å². The quantitative estimate of drug-likeness (QED) is 0.754. The van der Waals surface area contributed by atoms with E-state index in [1.165, 1.54) is 37.4 Å². The first kappa shape index (κ1) is 9.69. The number of likely N-dealkylation sites (tertiary alicyclic amines) is 1. The maximum Gasteiger partial charge on any atom is 0.0616 e. The lowest BCUT2D eigenvalue weighted by atomic mass is 10.3. The highest BCUT2D eigenvalue weighted by molar-refractivity contribution is 9.09. The van der Waals surface area contributed by atoms with E-state index >= 15 is 0 Å². The lowest BCUT2D eigenvalue weighted by molar-refractivity contribution is 0.343. The summed E-state index contributed by atoms with van der Waals surface area (Å²) in [5.41, 5.74) is 0. The summed E-state index contributed by atoms with van der Waals surface area (Å²) in [6, 6.07) is 4.33. The van der Waals surface area contributed by atoms with Gasteiger partial charge in [0.1, 0.15) is 0 Å². The molecule has 0 saturated carbocycles. The van der Waals surface area contributed by atoms with Gasteiger partial charge in [0.2, 0.25) is 0 Å². The second kappa shape index (κ2) is 4.58. The van der Waals surface area contributed by atoms with Crippen LogP contribution < -0.4 is 0 Å². The Hall–Kier alpha value is 0.140. The smallest absolute Gasteiger partial charge is 0.0616 e. The molecule has 3 heteroatoms. The molecule has 0 aromatic carbocycles. The monoisotopic (exact) mass is 259 g/mol. The lowest BCUT2D eigenvalue weighted by Crippen LogP contribution is -2.22. The van der Waals surface area contributed by atoms with Crippen molar-refractivity contribution < 1.29 is 0 Å². The molecule has 0 aliphatic carbocycles. The maximum atomic E-state index is 3.74. The van der Waals surface area contributed by atoms with E-state index in [0.29, 0.717) is 4.83 Å². The fourth-order valence-corrected chi connectivity index (χ4v) is 3.33. The lowest BCUT2D eigenvalue weighted by Gasteiger charge is -2.17. The third-order valence-electron chi connectivity index (χ3n) is 2.47. The largest absolute Gasteiger partial charge is 0.302 e. The van der Waals surface area contributed by atoms with E-state index in [2.05, 4.69) is 38.3 Å². The van der Waals surface area contributed by atoms with Crippen LogP contribution in [-0.4, -0.2) is 24.5 Å². The van der Waals surface area contributed by atoms with Crippen molar-refractivity contribution in [3.05, 3.63) is 22.4 Å². The van der Waals surface area contributed by atoms with Crippen LogP contribution in [0.5, 0.6) is 0 Å². The van der Waals surface area contributed by atoms with Gasteiger partial charge in [-0.3, -0.25) is 0 Å². The molecule has 13 heavy (non-hydrogen) atoms. The number of alkyl halides is 1. The van der Waals surface area contributed by atoms with Gasteiger partial charge in [0.25, 0.3) is 0 Å². The number of thiophene rings is 1. The van der Waals surface area contributed by atoms with Gasteiger partial charge in [-0.25, -0.2) is 0 Å². The van der Waals surface area contributed by atoms with E-state index in [1.54, 1.807) is 0 Å². The van der Waals surface area contributed by atoms with Crippen molar-refractivity contribution in [3.8, 4) is 0 Å². The minimum atomic E-state index is 0.533. The fourth-order valence-electron chi connectivity index (χ4n) is 1.75. The SMILES string of the molecule is BrC(CN1CCCC1)c1cccs1. The molecule has 0 radical (unpaired) electrons. The molecule has 0 amide bonds.